The van der Waals surface area contributed by atoms with Crippen LogP contribution in [0.3, 0.4) is 0 Å². The highest BCUT2D eigenvalue weighted by atomic mass is 32.2. The molecule has 2 aromatic heterocycles. The Bertz CT molecular complexity index is 1740. The van der Waals surface area contributed by atoms with Crippen molar-refractivity contribution in [2.75, 3.05) is 11.5 Å². The molecule has 2 nitrogen and oxygen atoms in total. The molecule has 2 heterocycles. The number of rotatable bonds is 16. The summed E-state index contributed by atoms with van der Waals surface area (Å²) in [6, 6.07) is 23.7. The zero-order valence-corrected chi connectivity index (χ0v) is 29.0. The van der Waals surface area contributed by atoms with Crippen molar-refractivity contribution in [2.45, 2.75) is 101 Å². The van der Waals surface area contributed by atoms with E-state index in [-0.39, 0.29) is 0 Å². The van der Waals surface area contributed by atoms with Crippen LogP contribution in [0.5, 0.6) is 0 Å². The highest BCUT2D eigenvalue weighted by molar-refractivity contribution is 7.99. The Balaban J connectivity index is 1.26. The monoisotopic (exact) mass is 622 g/mol. The van der Waals surface area contributed by atoms with Crippen LogP contribution in [0.1, 0.15) is 90.9 Å². The largest absolute Gasteiger partial charge is 0.338 e. The summed E-state index contributed by atoms with van der Waals surface area (Å²) in [5.41, 5.74) is 2.72. The molecule has 4 heteroatoms. The van der Waals surface area contributed by atoms with Crippen molar-refractivity contribution in [1.29, 1.82) is 0 Å². The first-order valence-corrected chi connectivity index (χ1v) is 19.2. The second kappa shape index (κ2) is 14.7. The van der Waals surface area contributed by atoms with Gasteiger partial charge in [0.1, 0.15) is 0 Å². The van der Waals surface area contributed by atoms with E-state index in [2.05, 4.69) is 97.7 Å². The molecule has 6 rings (SSSR count). The van der Waals surface area contributed by atoms with Crippen molar-refractivity contribution in [3.8, 4) is 0 Å². The third kappa shape index (κ3) is 6.40. The summed E-state index contributed by atoms with van der Waals surface area (Å²) in [6.07, 6.45) is 16.3. The standard InChI is InChI=1S/C40H50N2S2/c1-5-7-9-11-13-15-25-43-37-27-29-17-19-33-31-22-24-36-34(32(31)21-23-35(33)39(29)41(37)3)20-18-30-28-38(42(4)40(30)36)44-26-16-14-12-10-8-6-2/h17-24,27-28H,5-16,25-26H2,1-4H3. The molecule has 0 bridgehead atoms. The molecular formula is C40H50N2S2. The van der Waals surface area contributed by atoms with Gasteiger partial charge in [0.05, 0.1) is 21.1 Å². The number of aryl methyl sites for hydroxylation is 2. The molecule has 0 amide bonds. The fourth-order valence-electron chi connectivity index (χ4n) is 7.10. The molecule has 4 aromatic carbocycles. The third-order valence-electron chi connectivity index (χ3n) is 9.59. The maximum atomic E-state index is 2.43. The highest BCUT2D eigenvalue weighted by Gasteiger charge is 2.15. The van der Waals surface area contributed by atoms with Gasteiger partial charge in [-0.25, -0.2) is 0 Å². The van der Waals surface area contributed by atoms with Crippen LogP contribution in [-0.2, 0) is 14.1 Å². The topological polar surface area (TPSA) is 9.86 Å². The summed E-state index contributed by atoms with van der Waals surface area (Å²) in [4.78, 5) is 0. The molecule has 0 fully saturated rings. The minimum absolute atomic E-state index is 1.20. The zero-order valence-electron chi connectivity index (χ0n) is 27.4. The van der Waals surface area contributed by atoms with Crippen LogP contribution in [0.2, 0.25) is 0 Å². The molecule has 0 spiro atoms. The molecule has 44 heavy (non-hydrogen) atoms. The predicted octanol–water partition coefficient (Wildman–Crippen LogP) is 13.0. The molecule has 232 valence electrons. The minimum Gasteiger partial charge on any atom is -0.338 e. The Morgan fingerprint density at radius 3 is 1.20 bits per heavy atom. The van der Waals surface area contributed by atoms with E-state index in [1.54, 1.807) is 0 Å². The first-order chi connectivity index (χ1) is 21.6. The number of aromatic nitrogens is 2. The van der Waals surface area contributed by atoms with Crippen molar-refractivity contribution >= 4 is 77.6 Å². The minimum atomic E-state index is 1.20. The van der Waals surface area contributed by atoms with Crippen LogP contribution in [0.15, 0.2) is 70.7 Å². The van der Waals surface area contributed by atoms with Gasteiger partial charge < -0.3 is 9.13 Å². The summed E-state index contributed by atoms with van der Waals surface area (Å²) < 4.78 is 4.87. The lowest BCUT2D eigenvalue weighted by atomic mass is 9.95. The van der Waals surface area contributed by atoms with Gasteiger partial charge in [-0.3, -0.25) is 0 Å². The Labute approximate surface area is 272 Å². The normalized spacial score (nSPS) is 12.2. The van der Waals surface area contributed by atoms with Crippen LogP contribution < -0.4 is 0 Å². The smallest absolute Gasteiger partial charge is 0.0756 e. The fraction of sp³-hybridized carbons (Fsp3) is 0.450. The molecule has 0 aliphatic carbocycles. The Morgan fingerprint density at radius 1 is 0.432 bits per heavy atom. The van der Waals surface area contributed by atoms with Gasteiger partial charge in [-0.05, 0) is 58.0 Å². The molecule has 0 saturated carbocycles. The zero-order chi connectivity index (χ0) is 30.5. The van der Waals surface area contributed by atoms with E-state index in [0.29, 0.717) is 0 Å². The second-order valence-electron chi connectivity index (χ2n) is 12.7. The van der Waals surface area contributed by atoms with Gasteiger partial charge in [-0.15, -0.1) is 23.5 Å². The SMILES string of the molecule is CCCCCCCCSc1cc2ccc3c4ccc5c(ccc6cc(SCCCCCCCC)n(C)c65)c4ccc3c2n1C. The molecule has 0 radical (unpaired) electrons. The lowest BCUT2D eigenvalue weighted by Gasteiger charge is -2.12. The molecule has 0 unspecified atom stereocenters. The molecule has 0 saturated heterocycles. The van der Waals surface area contributed by atoms with Gasteiger partial charge in [0.25, 0.3) is 0 Å². The van der Waals surface area contributed by atoms with Crippen LogP contribution in [0.4, 0.5) is 0 Å². The van der Waals surface area contributed by atoms with Gasteiger partial charge in [0.15, 0.2) is 0 Å². The van der Waals surface area contributed by atoms with E-state index in [9.17, 15) is 0 Å². The number of benzene rings is 4. The molecule has 6 aromatic rings. The highest BCUT2D eigenvalue weighted by Crippen LogP contribution is 2.40. The second-order valence-corrected chi connectivity index (χ2v) is 15.0. The quantitative estimate of drug-likeness (QED) is 0.0603. The van der Waals surface area contributed by atoms with Crippen LogP contribution in [-0.4, -0.2) is 20.6 Å². The van der Waals surface area contributed by atoms with E-state index in [4.69, 9.17) is 0 Å². The van der Waals surface area contributed by atoms with E-state index in [1.807, 2.05) is 23.5 Å². The van der Waals surface area contributed by atoms with Crippen molar-refractivity contribution < 1.29 is 0 Å². The van der Waals surface area contributed by atoms with Gasteiger partial charge in [0, 0.05) is 35.6 Å². The number of fused-ring (bicyclic) bond motifs is 9. The third-order valence-corrected chi connectivity index (χ3v) is 11.9. The lowest BCUT2D eigenvalue weighted by molar-refractivity contribution is 0.627. The maximum Gasteiger partial charge on any atom is 0.0756 e. The van der Waals surface area contributed by atoms with Crippen molar-refractivity contribution in [2.24, 2.45) is 14.1 Å². The van der Waals surface area contributed by atoms with E-state index in [0.717, 1.165) is 0 Å². The Kier molecular flexibility index (Phi) is 10.5. The number of hydrogen-bond donors (Lipinski definition) is 0. The molecule has 0 N–H and O–H groups in total. The summed E-state index contributed by atoms with van der Waals surface area (Å²) in [6.45, 7) is 4.58. The maximum absolute atomic E-state index is 2.43. The van der Waals surface area contributed by atoms with E-state index < -0.39 is 0 Å². The number of thioether (sulfide) groups is 2. The summed E-state index contributed by atoms with van der Waals surface area (Å²) >= 11 is 4.05. The van der Waals surface area contributed by atoms with Crippen molar-refractivity contribution in [3.63, 3.8) is 0 Å². The molecule has 0 aliphatic heterocycles. The molecular weight excluding hydrogens is 573 g/mol. The van der Waals surface area contributed by atoms with Crippen molar-refractivity contribution in [1.82, 2.24) is 9.13 Å². The first-order valence-electron chi connectivity index (χ1n) is 17.2. The van der Waals surface area contributed by atoms with Crippen LogP contribution in [0, 0.1) is 0 Å². The molecule has 0 aliphatic rings. The van der Waals surface area contributed by atoms with Gasteiger partial charge in [-0.1, -0.05) is 127 Å². The Morgan fingerprint density at radius 2 is 0.773 bits per heavy atom. The van der Waals surface area contributed by atoms with Crippen LogP contribution >= 0.6 is 23.5 Å². The Hall–Kier alpha value is -2.56. The van der Waals surface area contributed by atoms with E-state index >= 15 is 0 Å². The average Bonchev–Trinajstić information content (AvgIpc) is 3.55. The summed E-state index contributed by atoms with van der Waals surface area (Å²) in [5.74, 6) is 2.41. The molecule has 0 atom stereocenters. The summed E-state index contributed by atoms with van der Waals surface area (Å²) in [5, 5.41) is 13.6. The number of unbranched alkanes of at least 4 members (excludes halogenated alkanes) is 10. The van der Waals surface area contributed by atoms with Crippen molar-refractivity contribution in [3.05, 3.63) is 60.7 Å². The van der Waals surface area contributed by atoms with Gasteiger partial charge in [0.2, 0.25) is 0 Å². The summed E-state index contributed by atoms with van der Waals surface area (Å²) in [7, 11) is 4.51. The van der Waals surface area contributed by atoms with Gasteiger partial charge in [-0.2, -0.15) is 0 Å². The van der Waals surface area contributed by atoms with Crippen LogP contribution in [0.25, 0.3) is 54.1 Å². The fourth-order valence-corrected chi connectivity index (χ4v) is 9.20. The van der Waals surface area contributed by atoms with E-state index in [1.165, 1.54) is 153 Å². The van der Waals surface area contributed by atoms with Gasteiger partial charge >= 0.3 is 0 Å². The first kappa shape index (κ1) is 31.4. The average molecular weight is 623 g/mol. The lowest BCUT2D eigenvalue weighted by Crippen LogP contribution is -1.93. The predicted molar refractivity (Wildman–Crippen MR) is 200 cm³/mol. The number of hydrogen-bond acceptors (Lipinski definition) is 2. The number of nitrogens with zero attached hydrogens (tertiary/aromatic N) is 2.